The van der Waals surface area contributed by atoms with E-state index in [4.69, 9.17) is 16.3 Å². The fourth-order valence-corrected chi connectivity index (χ4v) is 2.35. The Morgan fingerprint density at radius 1 is 1.26 bits per heavy atom. The van der Waals surface area contributed by atoms with Crippen LogP contribution in [0, 0.1) is 13.8 Å². The highest BCUT2D eigenvalue weighted by molar-refractivity contribution is 6.32. The third-order valence-corrected chi connectivity index (χ3v) is 3.85. The van der Waals surface area contributed by atoms with Crippen molar-refractivity contribution in [1.82, 2.24) is 4.90 Å². The third-order valence-electron chi connectivity index (χ3n) is 3.27. The second-order valence-electron chi connectivity index (χ2n) is 5.36. The number of hydrogen-bond donors (Lipinski definition) is 0. The standard InChI is InChI=1S/C16H26ClNO/c1-6-10-19-15-11-12(2)16(17)13(3)14(15)8-7-9-18(4)5/h11H,6-10H2,1-5H3. The molecular weight excluding hydrogens is 258 g/mol. The monoisotopic (exact) mass is 283 g/mol. The van der Waals surface area contributed by atoms with E-state index in [-0.39, 0.29) is 0 Å². The van der Waals surface area contributed by atoms with Crippen molar-refractivity contribution in [3.8, 4) is 5.75 Å². The molecule has 0 radical (unpaired) electrons. The van der Waals surface area contributed by atoms with Gasteiger partial charge in [-0.25, -0.2) is 0 Å². The van der Waals surface area contributed by atoms with Crippen LogP contribution in [0.4, 0.5) is 0 Å². The summed E-state index contributed by atoms with van der Waals surface area (Å²) in [7, 11) is 4.20. The maximum atomic E-state index is 6.36. The number of nitrogens with zero attached hydrogens (tertiary/aromatic N) is 1. The van der Waals surface area contributed by atoms with Crippen molar-refractivity contribution in [3.05, 3.63) is 27.8 Å². The number of halogens is 1. The maximum absolute atomic E-state index is 6.36. The van der Waals surface area contributed by atoms with Crippen LogP contribution in [0.3, 0.4) is 0 Å². The van der Waals surface area contributed by atoms with Gasteiger partial charge in [-0.1, -0.05) is 18.5 Å². The van der Waals surface area contributed by atoms with Crippen LogP contribution in [-0.2, 0) is 6.42 Å². The average Bonchev–Trinajstić information content (AvgIpc) is 2.36. The molecular formula is C16H26ClNO. The third kappa shape index (κ3) is 4.70. The molecule has 0 aliphatic carbocycles. The van der Waals surface area contributed by atoms with Gasteiger partial charge in [-0.3, -0.25) is 0 Å². The van der Waals surface area contributed by atoms with Crippen molar-refractivity contribution in [1.29, 1.82) is 0 Å². The molecule has 19 heavy (non-hydrogen) atoms. The van der Waals surface area contributed by atoms with Gasteiger partial charge in [-0.15, -0.1) is 0 Å². The minimum absolute atomic E-state index is 0.765. The molecule has 0 fully saturated rings. The average molecular weight is 284 g/mol. The Morgan fingerprint density at radius 3 is 2.53 bits per heavy atom. The molecule has 108 valence electrons. The van der Waals surface area contributed by atoms with E-state index in [2.05, 4.69) is 38.9 Å². The summed E-state index contributed by atoms with van der Waals surface area (Å²) in [6.07, 6.45) is 3.16. The number of rotatable bonds is 7. The predicted octanol–water partition coefficient (Wildman–Crippen LogP) is 4.24. The van der Waals surface area contributed by atoms with Gasteiger partial charge in [0, 0.05) is 5.02 Å². The summed E-state index contributed by atoms with van der Waals surface area (Å²) in [4.78, 5) is 2.21. The summed E-state index contributed by atoms with van der Waals surface area (Å²) in [6, 6.07) is 2.08. The van der Waals surface area contributed by atoms with Gasteiger partial charge < -0.3 is 9.64 Å². The molecule has 0 heterocycles. The summed E-state index contributed by atoms with van der Waals surface area (Å²) in [5.41, 5.74) is 3.54. The molecule has 0 aliphatic rings. The van der Waals surface area contributed by atoms with Gasteiger partial charge in [0.2, 0.25) is 0 Å². The van der Waals surface area contributed by atoms with E-state index in [9.17, 15) is 0 Å². The minimum atomic E-state index is 0.765. The van der Waals surface area contributed by atoms with E-state index in [1.54, 1.807) is 0 Å². The van der Waals surface area contributed by atoms with Crippen LogP contribution < -0.4 is 4.74 Å². The molecule has 0 unspecified atom stereocenters. The molecule has 2 nitrogen and oxygen atoms in total. The van der Waals surface area contributed by atoms with Crippen molar-refractivity contribution < 1.29 is 4.74 Å². The van der Waals surface area contributed by atoms with E-state index in [1.165, 1.54) is 11.1 Å². The number of hydrogen-bond acceptors (Lipinski definition) is 2. The van der Waals surface area contributed by atoms with E-state index >= 15 is 0 Å². The maximum Gasteiger partial charge on any atom is 0.123 e. The van der Waals surface area contributed by atoms with Gasteiger partial charge in [0.1, 0.15) is 5.75 Å². The minimum Gasteiger partial charge on any atom is -0.493 e. The molecule has 0 aliphatic heterocycles. The van der Waals surface area contributed by atoms with Crippen LogP contribution >= 0.6 is 11.6 Å². The molecule has 0 atom stereocenters. The quantitative estimate of drug-likeness (QED) is 0.742. The molecule has 1 aromatic rings. The Morgan fingerprint density at radius 2 is 1.95 bits per heavy atom. The van der Waals surface area contributed by atoms with Crippen molar-refractivity contribution in [3.63, 3.8) is 0 Å². The van der Waals surface area contributed by atoms with Crippen LogP contribution in [0.1, 0.15) is 36.5 Å². The van der Waals surface area contributed by atoms with E-state index in [0.29, 0.717) is 0 Å². The van der Waals surface area contributed by atoms with E-state index in [0.717, 1.165) is 48.7 Å². The first-order valence-electron chi connectivity index (χ1n) is 7.03. The molecule has 0 aromatic heterocycles. The second kappa shape index (κ2) is 7.76. The van der Waals surface area contributed by atoms with Crippen molar-refractivity contribution in [2.45, 2.75) is 40.0 Å². The number of aryl methyl sites for hydroxylation is 1. The Bertz CT molecular complexity index is 416. The lowest BCUT2D eigenvalue weighted by Crippen LogP contribution is -2.14. The van der Waals surface area contributed by atoms with Crippen LogP contribution in [0.25, 0.3) is 0 Å². The molecule has 3 heteroatoms. The zero-order valence-electron chi connectivity index (χ0n) is 12.8. The zero-order valence-corrected chi connectivity index (χ0v) is 13.6. The highest BCUT2D eigenvalue weighted by Gasteiger charge is 2.13. The predicted molar refractivity (Wildman–Crippen MR) is 83.6 cm³/mol. The molecule has 1 rings (SSSR count). The lowest BCUT2D eigenvalue weighted by molar-refractivity contribution is 0.312. The number of ether oxygens (including phenoxy) is 1. The van der Waals surface area contributed by atoms with Crippen molar-refractivity contribution >= 4 is 11.6 Å². The van der Waals surface area contributed by atoms with Gasteiger partial charge in [0.25, 0.3) is 0 Å². The first kappa shape index (κ1) is 16.3. The van der Waals surface area contributed by atoms with E-state index < -0.39 is 0 Å². The molecule has 0 saturated carbocycles. The summed E-state index contributed by atoms with van der Waals surface area (Å²) in [6.45, 7) is 8.11. The molecule has 0 bridgehead atoms. The first-order valence-corrected chi connectivity index (χ1v) is 7.41. The molecule has 0 saturated heterocycles. The highest BCUT2D eigenvalue weighted by atomic mass is 35.5. The normalized spacial score (nSPS) is 11.1. The lowest BCUT2D eigenvalue weighted by Gasteiger charge is -2.17. The fraction of sp³-hybridized carbons (Fsp3) is 0.625. The van der Waals surface area contributed by atoms with Gasteiger partial charge in [0.05, 0.1) is 6.61 Å². The first-order chi connectivity index (χ1) is 8.97. The Labute approximate surface area is 122 Å². The SMILES string of the molecule is CCCOc1cc(C)c(Cl)c(C)c1CCCN(C)C. The van der Waals surface area contributed by atoms with Crippen LogP contribution in [-0.4, -0.2) is 32.1 Å². The van der Waals surface area contributed by atoms with Crippen LogP contribution in [0.15, 0.2) is 6.07 Å². The van der Waals surface area contributed by atoms with Gasteiger partial charge >= 0.3 is 0 Å². The number of benzene rings is 1. The molecule has 0 N–H and O–H groups in total. The topological polar surface area (TPSA) is 12.5 Å². The zero-order chi connectivity index (χ0) is 14.4. The van der Waals surface area contributed by atoms with Gasteiger partial charge in [-0.2, -0.15) is 0 Å². The summed E-state index contributed by atoms with van der Waals surface area (Å²) in [5.74, 6) is 1.01. The summed E-state index contributed by atoms with van der Waals surface area (Å²) in [5, 5.41) is 0.878. The fourth-order valence-electron chi connectivity index (χ4n) is 2.18. The van der Waals surface area contributed by atoms with Gasteiger partial charge in [-0.05, 0) is 76.5 Å². The second-order valence-corrected chi connectivity index (χ2v) is 5.74. The Balaban J connectivity index is 2.93. The van der Waals surface area contributed by atoms with Crippen LogP contribution in [0.5, 0.6) is 5.75 Å². The Hall–Kier alpha value is -0.730. The van der Waals surface area contributed by atoms with E-state index in [1.807, 2.05) is 6.92 Å². The van der Waals surface area contributed by atoms with Gasteiger partial charge in [0.15, 0.2) is 0 Å². The van der Waals surface area contributed by atoms with Crippen molar-refractivity contribution in [2.75, 3.05) is 27.2 Å². The lowest BCUT2D eigenvalue weighted by atomic mass is 10.00. The largest absolute Gasteiger partial charge is 0.493 e. The molecule has 0 amide bonds. The summed E-state index contributed by atoms with van der Waals surface area (Å²) < 4.78 is 5.89. The summed E-state index contributed by atoms with van der Waals surface area (Å²) >= 11 is 6.36. The Kier molecular flexibility index (Phi) is 6.67. The molecule has 0 spiro atoms. The van der Waals surface area contributed by atoms with Crippen LogP contribution in [0.2, 0.25) is 5.02 Å². The molecule has 1 aromatic carbocycles. The smallest absolute Gasteiger partial charge is 0.123 e. The van der Waals surface area contributed by atoms with Crippen molar-refractivity contribution in [2.24, 2.45) is 0 Å². The highest BCUT2D eigenvalue weighted by Crippen LogP contribution is 2.32.